The number of hydrogen-bond acceptors (Lipinski definition) is 3. The summed E-state index contributed by atoms with van der Waals surface area (Å²) in [6.45, 7) is 2.93. The maximum Gasteiger partial charge on any atom is 0.228 e. The van der Waals surface area contributed by atoms with Crippen LogP contribution in [0, 0.1) is 11.3 Å². The van der Waals surface area contributed by atoms with Crippen molar-refractivity contribution in [2.45, 2.75) is 19.8 Å². The zero-order valence-electron chi connectivity index (χ0n) is 11.4. The van der Waals surface area contributed by atoms with Gasteiger partial charge in [0, 0.05) is 36.2 Å². The summed E-state index contributed by atoms with van der Waals surface area (Å²) in [6.07, 6.45) is 1.90. The van der Waals surface area contributed by atoms with Gasteiger partial charge in [0.05, 0.1) is 6.61 Å². The Bertz CT molecular complexity index is 550. The largest absolute Gasteiger partial charge is 0.381 e. The first-order valence-corrected chi connectivity index (χ1v) is 6.85. The molecular weight excluding hydrogens is 256 g/mol. The lowest BCUT2D eigenvalue weighted by Gasteiger charge is -2.09. The van der Waals surface area contributed by atoms with Gasteiger partial charge in [-0.3, -0.25) is 9.59 Å². The highest BCUT2D eigenvalue weighted by Crippen LogP contribution is 2.58. The minimum atomic E-state index is -0.127. The normalized spacial score (nSPS) is 27.4. The second kappa shape index (κ2) is 4.90. The van der Waals surface area contributed by atoms with E-state index in [4.69, 9.17) is 4.74 Å². The van der Waals surface area contributed by atoms with Gasteiger partial charge >= 0.3 is 0 Å². The quantitative estimate of drug-likeness (QED) is 0.886. The molecule has 106 valence electrons. The summed E-state index contributed by atoms with van der Waals surface area (Å²) in [5.74, 6) is -0.0115. The molecule has 1 spiro atoms. The highest BCUT2D eigenvalue weighted by Gasteiger charge is 2.59. The average molecular weight is 274 g/mol. The lowest BCUT2D eigenvalue weighted by molar-refractivity contribution is -0.118. The van der Waals surface area contributed by atoms with E-state index in [1.165, 1.54) is 6.92 Å². The Balaban J connectivity index is 1.63. The van der Waals surface area contributed by atoms with Crippen molar-refractivity contribution in [3.63, 3.8) is 0 Å². The van der Waals surface area contributed by atoms with Gasteiger partial charge in [0.25, 0.3) is 0 Å². The van der Waals surface area contributed by atoms with Crippen LogP contribution in [0.15, 0.2) is 24.3 Å². The molecule has 3 rings (SSSR count). The first-order chi connectivity index (χ1) is 9.59. The molecule has 1 aromatic rings. The molecule has 5 heteroatoms. The number of nitrogens with one attached hydrogen (secondary N) is 2. The van der Waals surface area contributed by atoms with Gasteiger partial charge in [-0.15, -0.1) is 0 Å². The molecule has 0 radical (unpaired) electrons. The minimum Gasteiger partial charge on any atom is -0.381 e. The van der Waals surface area contributed by atoms with E-state index in [1.807, 2.05) is 12.1 Å². The van der Waals surface area contributed by atoms with Crippen molar-refractivity contribution in [2.24, 2.45) is 11.3 Å². The SMILES string of the molecule is CC(=O)Nc1cccc(NC(=O)C2CC23CCOC3)c1. The maximum absolute atomic E-state index is 12.2. The zero-order valence-corrected chi connectivity index (χ0v) is 11.4. The Morgan fingerprint density at radius 1 is 1.30 bits per heavy atom. The highest BCUT2D eigenvalue weighted by atomic mass is 16.5. The third kappa shape index (κ3) is 2.54. The van der Waals surface area contributed by atoms with E-state index < -0.39 is 0 Å². The molecule has 2 N–H and O–H groups in total. The molecule has 1 heterocycles. The molecule has 20 heavy (non-hydrogen) atoms. The fraction of sp³-hybridized carbons (Fsp3) is 0.467. The molecular formula is C15H18N2O3. The van der Waals surface area contributed by atoms with Crippen LogP contribution in [0.5, 0.6) is 0 Å². The van der Waals surface area contributed by atoms with Crippen LogP contribution in [-0.4, -0.2) is 25.0 Å². The molecule has 5 nitrogen and oxygen atoms in total. The van der Waals surface area contributed by atoms with Crippen LogP contribution in [0.25, 0.3) is 0 Å². The molecule has 2 amide bonds. The van der Waals surface area contributed by atoms with Crippen molar-refractivity contribution in [3.8, 4) is 0 Å². The van der Waals surface area contributed by atoms with Gasteiger partial charge in [-0.05, 0) is 31.0 Å². The molecule has 1 aromatic carbocycles. The number of hydrogen-bond donors (Lipinski definition) is 2. The summed E-state index contributed by atoms with van der Waals surface area (Å²) in [5.41, 5.74) is 1.49. The fourth-order valence-corrected chi connectivity index (χ4v) is 2.88. The first-order valence-electron chi connectivity index (χ1n) is 6.85. The minimum absolute atomic E-state index is 0.0514. The van der Waals surface area contributed by atoms with Crippen molar-refractivity contribution < 1.29 is 14.3 Å². The van der Waals surface area contributed by atoms with E-state index in [2.05, 4.69) is 10.6 Å². The highest BCUT2D eigenvalue weighted by molar-refractivity contribution is 5.96. The summed E-state index contributed by atoms with van der Waals surface area (Å²) in [4.78, 5) is 23.2. The standard InChI is InChI=1S/C15H18N2O3/c1-10(18)16-11-3-2-4-12(7-11)17-14(19)13-8-15(13)5-6-20-9-15/h2-4,7,13H,5-6,8-9H2,1H3,(H,16,18)(H,17,19). The molecule has 1 aliphatic heterocycles. The predicted octanol–water partition coefficient (Wildman–Crippen LogP) is 2.01. The van der Waals surface area contributed by atoms with Gasteiger partial charge in [0.1, 0.15) is 0 Å². The third-order valence-electron chi connectivity index (χ3n) is 4.09. The Labute approximate surface area is 117 Å². The second-order valence-corrected chi connectivity index (χ2v) is 5.67. The molecule has 2 aliphatic rings. The maximum atomic E-state index is 12.2. The summed E-state index contributed by atoms with van der Waals surface area (Å²) in [6, 6.07) is 7.19. The second-order valence-electron chi connectivity index (χ2n) is 5.67. The van der Waals surface area contributed by atoms with Gasteiger partial charge < -0.3 is 15.4 Å². The van der Waals surface area contributed by atoms with E-state index in [0.717, 1.165) is 19.4 Å². The van der Waals surface area contributed by atoms with Gasteiger partial charge in [0.2, 0.25) is 11.8 Å². The lowest BCUT2D eigenvalue weighted by Crippen LogP contribution is -2.19. The zero-order chi connectivity index (χ0) is 14.2. The molecule has 1 saturated heterocycles. The summed E-state index contributed by atoms with van der Waals surface area (Å²) in [7, 11) is 0. The van der Waals surface area contributed by atoms with Crippen molar-refractivity contribution >= 4 is 23.2 Å². The van der Waals surface area contributed by atoms with Crippen LogP contribution < -0.4 is 10.6 Å². The smallest absolute Gasteiger partial charge is 0.228 e. The van der Waals surface area contributed by atoms with Crippen LogP contribution in [0.3, 0.4) is 0 Å². The topological polar surface area (TPSA) is 67.4 Å². The average Bonchev–Trinajstić information content (AvgIpc) is 2.87. The molecule has 2 atom stereocenters. The summed E-state index contributed by atoms with van der Waals surface area (Å²) < 4.78 is 5.39. The third-order valence-corrected chi connectivity index (χ3v) is 4.09. The molecule has 2 fully saturated rings. The number of carbonyl (C=O) groups excluding carboxylic acids is 2. The molecule has 0 bridgehead atoms. The number of ether oxygens (including phenoxy) is 1. The molecule has 1 aliphatic carbocycles. The van der Waals surface area contributed by atoms with Crippen molar-refractivity contribution in [1.82, 2.24) is 0 Å². The van der Waals surface area contributed by atoms with Crippen LogP contribution in [-0.2, 0) is 14.3 Å². The van der Waals surface area contributed by atoms with Crippen molar-refractivity contribution in [2.75, 3.05) is 23.8 Å². The number of amides is 2. The van der Waals surface area contributed by atoms with Gasteiger partial charge in [-0.25, -0.2) is 0 Å². The van der Waals surface area contributed by atoms with Gasteiger partial charge in [-0.1, -0.05) is 6.07 Å². The van der Waals surface area contributed by atoms with Crippen molar-refractivity contribution in [1.29, 1.82) is 0 Å². The van der Waals surface area contributed by atoms with Gasteiger partial charge in [0.15, 0.2) is 0 Å². The van der Waals surface area contributed by atoms with Crippen LogP contribution in [0.1, 0.15) is 19.8 Å². The van der Waals surface area contributed by atoms with E-state index in [0.29, 0.717) is 18.0 Å². The number of carbonyl (C=O) groups is 2. The summed E-state index contributed by atoms with van der Waals surface area (Å²) >= 11 is 0. The van der Waals surface area contributed by atoms with Crippen LogP contribution in [0.4, 0.5) is 11.4 Å². The number of benzene rings is 1. The van der Waals surface area contributed by atoms with E-state index >= 15 is 0 Å². The van der Waals surface area contributed by atoms with Crippen molar-refractivity contribution in [3.05, 3.63) is 24.3 Å². The Morgan fingerprint density at radius 2 is 2.05 bits per heavy atom. The molecule has 2 unspecified atom stereocenters. The monoisotopic (exact) mass is 274 g/mol. The first kappa shape index (κ1) is 13.1. The van der Waals surface area contributed by atoms with Gasteiger partial charge in [-0.2, -0.15) is 0 Å². The van der Waals surface area contributed by atoms with E-state index in [9.17, 15) is 9.59 Å². The summed E-state index contributed by atoms with van der Waals surface area (Å²) in [5, 5.41) is 5.62. The van der Waals surface area contributed by atoms with Crippen LogP contribution >= 0.6 is 0 Å². The molecule has 0 aromatic heterocycles. The van der Waals surface area contributed by atoms with E-state index in [-0.39, 0.29) is 23.1 Å². The Hall–Kier alpha value is -1.88. The molecule has 1 saturated carbocycles. The van der Waals surface area contributed by atoms with Crippen LogP contribution in [0.2, 0.25) is 0 Å². The fourth-order valence-electron chi connectivity index (χ4n) is 2.88. The predicted molar refractivity (Wildman–Crippen MR) is 75.4 cm³/mol. The lowest BCUT2D eigenvalue weighted by atomic mass is 10.0. The number of rotatable bonds is 3. The number of anilines is 2. The Morgan fingerprint density at radius 3 is 2.70 bits per heavy atom. The Kier molecular flexibility index (Phi) is 3.22. The van der Waals surface area contributed by atoms with E-state index in [1.54, 1.807) is 12.1 Å².